The molecule has 0 atom stereocenters. The Hall–Kier alpha value is -3.04. The number of anilines is 1. The van der Waals surface area contributed by atoms with E-state index in [1.54, 1.807) is 12.1 Å². The van der Waals surface area contributed by atoms with Gasteiger partial charge in [0.1, 0.15) is 0 Å². The summed E-state index contributed by atoms with van der Waals surface area (Å²) in [6.45, 7) is 5.03. The second kappa shape index (κ2) is 9.40. The van der Waals surface area contributed by atoms with Gasteiger partial charge in [0.15, 0.2) is 0 Å². The van der Waals surface area contributed by atoms with Gasteiger partial charge in [-0.25, -0.2) is 19.6 Å². The molecule has 9 heteroatoms. The quantitative estimate of drug-likeness (QED) is 0.396. The van der Waals surface area contributed by atoms with Crippen LogP contribution in [0.15, 0.2) is 30.5 Å². The minimum Gasteiger partial charge on any atom is -0.373 e. The van der Waals surface area contributed by atoms with Gasteiger partial charge >= 0.3 is 12.1 Å². The van der Waals surface area contributed by atoms with E-state index >= 15 is 0 Å². The lowest BCUT2D eigenvalue weighted by molar-refractivity contribution is 0.0638. The number of amides is 1. The maximum atomic E-state index is 11.9. The molecule has 1 amide bonds. The Morgan fingerprint density at radius 1 is 1.29 bits per heavy atom. The second-order valence-corrected chi connectivity index (χ2v) is 8.79. The number of carbonyl (C=O) groups is 2. The number of nitrogens with zero attached hydrogens (tertiary/aromatic N) is 2. The van der Waals surface area contributed by atoms with Crippen LogP contribution >= 0.6 is 11.3 Å². The van der Waals surface area contributed by atoms with E-state index in [1.807, 2.05) is 25.3 Å². The molecule has 4 N–H and O–H groups in total. The number of nitrogens with two attached hydrogens (primary N) is 1. The summed E-state index contributed by atoms with van der Waals surface area (Å²) >= 11 is 1.52. The molecule has 31 heavy (non-hydrogen) atoms. The third-order valence-electron chi connectivity index (χ3n) is 5.45. The van der Waals surface area contributed by atoms with Crippen molar-refractivity contribution < 1.29 is 14.3 Å². The average molecular weight is 440 g/mol. The molecular formula is C22H25N5O3S. The molecule has 8 nitrogen and oxygen atoms in total. The van der Waals surface area contributed by atoms with Crippen molar-refractivity contribution in [3.8, 4) is 10.6 Å². The van der Waals surface area contributed by atoms with Crippen LogP contribution in [0.2, 0.25) is 0 Å². The van der Waals surface area contributed by atoms with Crippen LogP contribution in [-0.2, 0) is 4.74 Å². The van der Waals surface area contributed by atoms with E-state index in [4.69, 9.17) is 10.7 Å². The fourth-order valence-electron chi connectivity index (χ4n) is 3.76. The van der Waals surface area contributed by atoms with Gasteiger partial charge < -0.3 is 21.1 Å². The van der Waals surface area contributed by atoms with Crippen LogP contribution < -0.4 is 16.4 Å². The van der Waals surface area contributed by atoms with E-state index in [0.717, 1.165) is 58.2 Å². The first-order valence-electron chi connectivity index (χ1n) is 10.3. The number of aryl methyl sites for hydroxylation is 1. The minimum absolute atomic E-state index is 0.277. The first-order chi connectivity index (χ1) is 15.0. The van der Waals surface area contributed by atoms with Crippen LogP contribution in [0.3, 0.4) is 0 Å². The van der Waals surface area contributed by atoms with E-state index in [9.17, 15) is 9.59 Å². The molecule has 4 rings (SSSR count). The third-order valence-corrected chi connectivity index (χ3v) is 6.55. The molecule has 1 aromatic carbocycles. The SMILES string of the molecule is Cc1cnc(NCCC2CCNCC2)nc1-c1cc2ccc(C(=O)OC(N)=O)cc2s1. The van der Waals surface area contributed by atoms with Crippen LogP contribution in [0.5, 0.6) is 0 Å². The molecular weight excluding hydrogens is 414 g/mol. The fourth-order valence-corrected chi connectivity index (χ4v) is 4.92. The Morgan fingerprint density at radius 2 is 2.10 bits per heavy atom. The summed E-state index contributed by atoms with van der Waals surface area (Å²) in [7, 11) is 0. The summed E-state index contributed by atoms with van der Waals surface area (Å²) in [6, 6.07) is 7.17. The number of carbonyl (C=O) groups excluding carboxylic acids is 2. The van der Waals surface area contributed by atoms with Crippen molar-refractivity contribution in [3.63, 3.8) is 0 Å². The van der Waals surface area contributed by atoms with Gasteiger partial charge in [0.2, 0.25) is 5.95 Å². The molecule has 1 aliphatic heterocycles. The molecule has 0 spiro atoms. The molecule has 0 radical (unpaired) electrons. The minimum atomic E-state index is -1.12. The van der Waals surface area contributed by atoms with Crippen molar-refractivity contribution in [1.29, 1.82) is 0 Å². The van der Waals surface area contributed by atoms with Gasteiger partial charge in [-0.15, -0.1) is 11.3 Å². The third kappa shape index (κ3) is 5.18. The number of fused-ring (bicyclic) bond motifs is 1. The van der Waals surface area contributed by atoms with E-state index in [2.05, 4.69) is 20.4 Å². The smallest absolute Gasteiger partial charge is 0.373 e. The molecule has 1 aliphatic rings. The lowest BCUT2D eigenvalue weighted by atomic mass is 9.95. The Morgan fingerprint density at radius 3 is 2.87 bits per heavy atom. The second-order valence-electron chi connectivity index (χ2n) is 7.71. The van der Waals surface area contributed by atoms with Crippen molar-refractivity contribution in [1.82, 2.24) is 15.3 Å². The van der Waals surface area contributed by atoms with Crippen molar-refractivity contribution >= 4 is 39.4 Å². The van der Waals surface area contributed by atoms with Gasteiger partial charge in [-0.05, 0) is 74.3 Å². The Bertz CT molecular complexity index is 1110. The number of primary amides is 1. The summed E-state index contributed by atoms with van der Waals surface area (Å²) in [5.41, 5.74) is 7.04. The largest absolute Gasteiger partial charge is 0.412 e. The first-order valence-corrected chi connectivity index (χ1v) is 11.1. The van der Waals surface area contributed by atoms with Gasteiger partial charge in [-0.2, -0.15) is 0 Å². The highest BCUT2D eigenvalue weighted by atomic mass is 32.1. The summed E-state index contributed by atoms with van der Waals surface area (Å²) in [5, 5.41) is 7.74. The number of rotatable bonds is 6. The average Bonchev–Trinajstić information content (AvgIpc) is 3.18. The zero-order valence-electron chi connectivity index (χ0n) is 17.3. The highest BCUT2D eigenvalue weighted by Crippen LogP contribution is 2.35. The zero-order chi connectivity index (χ0) is 21.8. The van der Waals surface area contributed by atoms with Crippen molar-refractivity contribution in [2.75, 3.05) is 25.0 Å². The number of aromatic nitrogens is 2. The van der Waals surface area contributed by atoms with Gasteiger partial charge in [-0.1, -0.05) is 6.07 Å². The molecule has 1 saturated heterocycles. The standard InChI is InChI=1S/C22H25N5O3S/c1-13-12-26-22(25-9-6-14-4-7-24-8-5-14)27-19(13)18-10-15-2-3-16(11-17(15)31-18)20(28)30-21(23)29/h2-3,10-12,14,24H,4-9H2,1H3,(H2,23,29)(H,25,26,27). The van der Waals surface area contributed by atoms with Gasteiger partial charge in [0, 0.05) is 17.4 Å². The predicted octanol–water partition coefficient (Wildman–Crippen LogP) is 3.70. The summed E-state index contributed by atoms with van der Waals surface area (Å²) in [4.78, 5) is 32.9. The number of hydrogen-bond acceptors (Lipinski definition) is 8. The zero-order valence-corrected chi connectivity index (χ0v) is 18.1. The lowest BCUT2D eigenvalue weighted by Gasteiger charge is -2.22. The van der Waals surface area contributed by atoms with Crippen LogP contribution in [0.4, 0.5) is 10.7 Å². The topological polar surface area (TPSA) is 119 Å². The van der Waals surface area contributed by atoms with Crippen molar-refractivity contribution in [2.45, 2.75) is 26.2 Å². The molecule has 3 heterocycles. The van der Waals surface area contributed by atoms with E-state index in [0.29, 0.717) is 5.95 Å². The number of piperidine rings is 1. The van der Waals surface area contributed by atoms with Crippen LogP contribution in [-0.4, -0.2) is 41.7 Å². The van der Waals surface area contributed by atoms with Crippen LogP contribution in [0.25, 0.3) is 20.7 Å². The highest BCUT2D eigenvalue weighted by molar-refractivity contribution is 7.22. The first kappa shape index (κ1) is 21.2. The molecule has 0 aliphatic carbocycles. The number of thiophene rings is 1. The van der Waals surface area contributed by atoms with Gasteiger partial charge in [0.05, 0.1) is 16.1 Å². The van der Waals surface area contributed by atoms with Crippen molar-refractivity contribution in [3.05, 3.63) is 41.6 Å². The molecule has 0 bridgehead atoms. The maximum Gasteiger partial charge on any atom is 0.412 e. The van der Waals surface area contributed by atoms with Crippen LogP contribution in [0.1, 0.15) is 35.2 Å². The number of hydrogen-bond donors (Lipinski definition) is 3. The fraction of sp³-hybridized carbons (Fsp3) is 0.364. The molecule has 0 unspecified atom stereocenters. The van der Waals surface area contributed by atoms with Gasteiger partial charge in [0.25, 0.3) is 0 Å². The Kier molecular flexibility index (Phi) is 6.43. The molecule has 162 valence electrons. The number of benzene rings is 1. The summed E-state index contributed by atoms with van der Waals surface area (Å²) < 4.78 is 5.36. The van der Waals surface area contributed by atoms with Crippen LogP contribution in [0, 0.1) is 12.8 Å². The summed E-state index contributed by atoms with van der Waals surface area (Å²) in [5.74, 6) is 0.609. The van der Waals surface area contributed by atoms with E-state index in [-0.39, 0.29) is 5.56 Å². The molecule has 0 saturated carbocycles. The number of nitrogens with one attached hydrogen (secondary N) is 2. The summed E-state index contributed by atoms with van der Waals surface area (Å²) in [6.07, 6.45) is 4.27. The number of esters is 1. The number of ether oxygens (including phenoxy) is 1. The predicted molar refractivity (Wildman–Crippen MR) is 121 cm³/mol. The molecule has 1 fully saturated rings. The maximum absolute atomic E-state index is 11.9. The Balaban J connectivity index is 1.50. The molecule has 2 aromatic heterocycles. The Labute approximate surface area is 184 Å². The van der Waals surface area contributed by atoms with E-state index in [1.165, 1.54) is 24.2 Å². The highest BCUT2D eigenvalue weighted by Gasteiger charge is 2.15. The van der Waals surface area contributed by atoms with E-state index < -0.39 is 12.1 Å². The normalized spacial score (nSPS) is 14.5. The monoisotopic (exact) mass is 439 g/mol. The van der Waals surface area contributed by atoms with Crippen molar-refractivity contribution in [2.24, 2.45) is 11.7 Å². The molecule has 3 aromatic rings. The lowest BCUT2D eigenvalue weighted by Crippen LogP contribution is -2.28. The van der Waals surface area contributed by atoms with Gasteiger partial charge in [-0.3, -0.25) is 0 Å².